The maximum atomic E-state index is 13.9. The molecule has 1 saturated heterocycles. The SMILES string of the molecule is CCn1c(N2CCN(CCCC(C#N)(c3cccc(F)c3)C(C)C)CC2)nc2ccccc21. The molecule has 0 spiro atoms. The summed E-state index contributed by atoms with van der Waals surface area (Å²) in [5.41, 5.74) is 2.38. The quantitative estimate of drug-likeness (QED) is 0.475. The van der Waals surface area contributed by atoms with Crippen molar-refractivity contribution in [1.82, 2.24) is 14.5 Å². The summed E-state index contributed by atoms with van der Waals surface area (Å²) in [6.07, 6.45) is 1.65. The number of aryl methyl sites for hydroxylation is 1. The van der Waals surface area contributed by atoms with E-state index in [2.05, 4.69) is 59.4 Å². The second kappa shape index (κ2) is 9.93. The van der Waals surface area contributed by atoms with Crippen molar-refractivity contribution < 1.29 is 4.39 Å². The molecule has 5 nitrogen and oxygen atoms in total. The number of nitrogens with zero attached hydrogens (tertiary/aromatic N) is 5. The van der Waals surface area contributed by atoms with Crippen molar-refractivity contribution in [2.24, 2.45) is 5.92 Å². The van der Waals surface area contributed by atoms with Crippen molar-refractivity contribution in [3.8, 4) is 6.07 Å². The number of piperazine rings is 1. The van der Waals surface area contributed by atoms with Gasteiger partial charge in [-0.05, 0) is 62.1 Å². The number of fused-ring (bicyclic) bond motifs is 1. The number of aromatic nitrogens is 2. The summed E-state index contributed by atoms with van der Waals surface area (Å²) in [7, 11) is 0. The molecular weight excluding hydrogens is 413 g/mol. The van der Waals surface area contributed by atoms with Crippen LogP contribution in [0.25, 0.3) is 11.0 Å². The molecule has 3 aromatic rings. The van der Waals surface area contributed by atoms with Gasteiger partial charge < -0.3 is 9.47 Å². The van der Waals surface area contributed by atoms with Gasteiger partial charge >= 0.3 is 0 Å². The highest BCUT2D eigenvalue weighted by molar-refractivity contribution is 5.78. The molecule has 4 rings (SSSR count). The normalized spacial score (nSPS) is 16.8. The average Bonchev–Trinajstić information content (AvgIpc) is 3.21. The molecule has 0 saturated carbocycles. The number of hydrogen-bond acceptors (Lipinski definition) is 4. The van der Waals surface area contributed by atoms with Crippen LogP contribution in [0.1, 0.15) is 39.2 Å². The Morgan fingerprint density at radius 2 is 1.85 bits per heavy atom. The fraction of sp³-hybridized carbons (Fsp3) is 0.481. The van der Waals surface area contributed by atoms with Gasteiger partial charge in [-0.25, -0.2) is 9.37 Å². The zero-order valence-corrected chi connectivity index (χ0v) is 20.0. The van der Waals surface area contributed by atoms with E-state index in [9.17, 15) is 9.65 Å². The van der Waals surface area contributed by atoms with Crippen molar-refractivity contribution in [2.45, 2.75) is 45.6 Å². The molecule has 1 fully saturated rings. The third-order valence-electron chi connectivity index (χ3n) is 7.18. The molecule has 1 aliphatic heterocycles. The lowest BCUT2D eigenvalue weighted by Crippen LogP contribution is -2.47. The largest absolute Gasteiger partial charge is 0.340 e. The van der Waals surface area contributed by atoms with Crippen LogP contribution in [-0.2, 0) is 12.0 Å². The Balaban J connectivity index is 1.37. The van der Waals surface area contributed by atoms with Gasteiger partial charge in [0.05, 0.1) is 22.5 Å². The molecule has 0 aliphatic carbocycles. The van der Waals surface area contributed by atoms with E-state index in [4.69, 9.17) is 4.98 Å². The Morgan fingerprint density at radius 1 is 1.09 bits per heavy atom. The lowest BCUT2D eigenvalue weighted by Gasteiger charge is -2.36. The molecule has 0 N–H and O–H groups in total. The molecular formula is C27H34FN5. The summed E-state index contributed by atoms with van der Waals surface area (Å²) < 4.78 is 16.2. The van der Waals surface area contributed by atoms with Gasteiger partial charge in [-0.3, -0.25) is 4.90 Å². The van der Waals surface area contributed by atoms with Gasteiger partial charge in [0.2, 0.25) is 5.95 Å². The Bertz CT molecular complexity index is 1120. The highest BCUT2D eigenvalue weighted by atomic mass is 19.1. The van der Waals surface area contributed by atoms with Gasteiger partial charge in [-0.15, -0.1) is 0 Å². The zero-order chi connectivity index (χ0) is 23.4. The Morgan fingerprint density at radius 3 is 2.52 bits per heavy atom. The van der Waals surface area contributed by atoms with Crippen molar-refractivity contribution in [1.29, 1.82) is 5.26 Å². The molecule has 174 valence electrons. The van der Waals surface area contributed by atoms with E-state index >= 15 is 0 Å². The van der Waals surface area contributed by atoms with Gasteiger partial charge in [0.15, 0.2) is 0 Å². The van der Waals surface area contributed by atoms with E-state index in [0.29, 0.717) is 0 Å². The summed E-state index contributed by atoms with van der Waals surface area (Å²) in [5, 5.41) is 10.1. The highest BCUT2D eigenvalue weighted by Gasteiger charge is 2.36. The fourth-order valence-corrected chi connectivity index (χ4v) is 5.15. The molecule has 2 heterocycles. The Labute approximate surface area is 196 Å². The second-order valence-electron chi connectivity index (χ2n) is 9.33. The first kappa shape index (κ1) is 23.3. The van der Waals surface area contributed by atoms with Crippen LogP contribution in [0.4, 0.5) is 10.3 Å². The van der Waals surface area contributed by atoms with Crippen molar-refractivity contribution >= 4 is 17.0 Å². The van der Waals surface area contributed by atoms with Gasteiger partial charge in [0.1, 0.15) is 5.82 Å². The van der Waals surface area contributed by atoms with E-state index in [1.54, 1.807) is 6.07 Å². The molecule has 1 atom stereocenters. The van der Waals surface area contributed by atoms with Crippen molar-refractivity contribution in [3.63, 3.8) is 0 Å². The van der Waals surface area contributed by atoms with E-state index in [1.165, 1.54) is 17.6 Å². The van der Waals surface area contributed by atoms with Crippen molar-refractivity contribution in [3.05, 3.63) is 59.9 Å². The van der Waals surface area contributed by atoms with E-state index in [0.717, 1.165) is 69.1 Å². The van der Waals surface area contributed by atoms with Gasteiger partial charge in [0.25, 0.3) is 0 Å². The van der Waals surface area contributed by atoms with Crippen molar-refractivity contribution in [2.75, 3.05) is 37.6 Å². The lowest BCUT2D eigenvalue weighted by atomic mass is 9.70. The first-order chi connectivity index (χ1) is 16.0. The minimum atomic E-state index is -0.657. The molecule has 0 bridgehead atoms. The predicted octanol–water partition coefficient (Wildman–Crippen LogP) is 5.22. The minimum absolute atomic E-state index is 0.114. The number of halogens is 1. The number of rotatable bonds is 8. The van der Waals surface area contributed by atoms with Crippen LogP contribution >= 0.6 is 0 Å². The lowest BCUT2D eigenvalue weighted by molar-refractivity contribution is 0.237. The van der Waals surface area contributed by atoms with Crippen LogP contribution in [0.15, 0.2) is 48.5 Å². The van der Waals surface area contributed by atoms with E-state index in [1.807, 2.05) is 12.1 Å². The third kappa shape index (κ3) is 4.60. The van der Waals surface area contributed by atoms with E-state index < -0.39 is 5.41 Å². The number of imidazole rings is 1. The first-order valence-corrected chi connectivity index (χ1v) is 12.1. The van der Waals surface area contributed by atoms with Gasteiger partial charge in [0, 0.05) is 32.7 Å². The Hall–Kier alpha value is -2.91. The van der Waals surface area contributed by atoms with E-state index in [-0.39, 0.29) is 11.7 Å². The smallest absolute Gasteiger partial charge is 0.206 e. The van der Waals surface area contributed by atoms with Gasteiger partial charge in [-0.2, -0.15) is 5.26 Å². The number of para-hydroxylation sites is 2. The summed E-state index contributed by atoms with van der Waals surface area (Å²) in [6, 6.07) is 17.5. The van der Waals surface area contributed by atoms with Crippen LogP contribution in [0.5, 0.6) is 0 Å². The number of anilines is 1. The summed E-state index contributed by atoms with van der Waals surface area (Å²) >= 11 is 0. The monoisotopic (exact) mass is 447 g/mol. The topological polar surface area (TPSA) is 48.1 Å². The summed E-state index contributed by atoms with van der Waals surface area (Å²) in [6.45, 7) is 12.0. The summed E-state index contributed by atoms with van der Waals surface area (Å²) in [5.74, 6) is 0.901. The van der Waals surface area contributed by atoms with Gasteiger partial charge in [-0.1, -0.05) is 38.1 Å². The number of benzene rings is 2. The maximum Gasteiger partial charge on any atom is 0.206 e. The zero-order valence-electron chi connectivity index (χ0n) is 20.0. The molecule has 0 amide bonds. The number of nitriles is 1. The third-order valence-corrected chi connectivity index (χ3v) is 7.18. The molecule has 6 heteroatoms. The molecule has 1 aliphatic rings. The Kier molecular flexibility index (Phi) is 6.99. The maximum absolute atomic E-state index is 13.9. The summed E-state index contributed by atoms with van der Waals surface area (Å²) in [4.78, 5) is 9.77. The second-order valence-corrected chi connectivity index (χ2v) is 9.33. The van der Waals surface area contributed by atoms with Crippen LogP contribution in [0.3, 0.4) is 0 Å². The van der Waals surface area contributed by atoms with Crippen LogP contribution in [-0.4, -0.2) is 47.2 Å². The molecule has 1 aromatic heterocycles. The fourth-order valence-electron chi connectivity index (χ4n) is 5.15. The predicted molar refractivity (Wildman–Crippen MR) is 132 cm³/mol. The highest BCUT2D eigenvalue weighted by Crippen LogP contribution is 2.37. The van der Waals surface area contributed by atoms with Crippen LogP contribution in [0.2, 0.25) is 0 Å². The average molecular weight is 448 g/mol. The molecule has 2 aromatic carbocycles. The number of hydrogen-bond donors (Lipinski definition) is 0. The van der Waals surface area contributed by atoms with Crippen LogP contribution in [0, 0.1) is 23.1 Å². The van der Waals surface area contributed by atoms with Crippen LogP contribution < -0.4 is 4.90 Å². The standard InChI is InChI=1S/C27H34FN5/c1-4-33-25-12-6-5-11-24(25)30-26(33)32-17-15-31(16-18-32)14-8-13-27(20-29,21(2)3)22-9-7-10-23(28)19-22/h5-7,9-12,19,21H,4,8,13-18H2,1-3H3. The molecule has 0 radical (unpaired) electrons. The molecule has 33 heavy (non-hydrogen) atoms. The minimum Gasteiger partial charge on any atom is -0.340 e. The molecule has 1 unspecified atom stereocenters. The first-order valence-electron chi connectivity index (χ1n) is 12.1.